The number of non-ortho nitro benzene ring substituents is 1. The number of carbonyl (C=O) groups is 1. The van der Waals surface area contributed by atoms with E-state index in [-0.39, 0.29) is 23.5 Å². The number of carbonyl (C=O) groups excluding carboxylic acids is 1. The van der Waals surface area contributed by atoms with E-state index in [1.54, 1.807) is 37.3 Å². The van der Waals surface area contributed by atoms with Crippen LogP contribution < -0.4 is 14.4 Å². The van der Waals surface area contributed by atoms with Crippen molar-refractivity contribution in [3.8, 4) is 5.75 Å². The molecule has 1 atom stereocenters. The topological polar surface area (TPSA) is 119 Å². The number of sulfonamides is 1. The fraction of sp³-hybridized carbons (Fsp3) is 0.278. The summed E-state index contributed by atoms with van der Waals surface area (Å²) in [6.07, 6.45) is 1.20. The largest absolute Gasteiger partial charge is 0.495 e. The summed E-state index contributed by atoms with van der Waals surface area (Å²) >= 11 is 0. The average Bonchev–Trinajstić information content (AvgIpc) is 2.65. The Morgan fingerprint density at radius 1 is 1.25 bits per heavy atom. The van der Waals surface area contributed by atoms with Crippen LogP contribution in [0.3, 0.4) is 0 Å². The third kappa shape index (κ3) is 4.77. The molecule has 0 aliphatic heterocycles. The first kappa shape index (κ1) is 21.2. The lowest BCUT2D eigenvalue weighted by Crippen LogP contribution is -2.47. The summed E-state index contributed by atoms with van der Waals surface area (Å²) in [5, 5.41) is 13.6. The molecule has 1 unspecified atom stereocenters. The Morgan fingerprint density at radius 3 is 2.39 bits per heavy atom. The minimum atomic E-state index is -3.77. The third-order valence-electron chi connectivity index (χ3n) is 3.99. The fourth-order valence-corrected chi connectivity index (χ4v) is 3.97. The van der Waals surface area contributed by atoms with Crippen molar-refractivity contribution in [1.29, 1.82) is 0 Å². The molecule has 0 bridgehead atoms. The summed E-state index contributed by atoms with van der Waals surface area (Å²) in [6, 6.07) is 11.0. The Morgan fingerprint density at radius 2 is 1.89 bits per heavy atom. The zero-order valence-electron chi connectivity index (χ0n) is 15.7. The summed E-state index contributed by atoms with van der Waals surface area (Å²) in [5.41, 5.74) is 0.201. The van der Waals surface area contributed by atoms with Crippen molar-refractivity contribution >= 4 is 33.0 Å². The van der Waals surface area contributed by atoms with Crippen LogP contribution in [0.2, 0.25) is 0 Å². The Hall–Kier alpha value is -3.14. The number of anilines is 2. The van der Waals surface area contributed by atoms with Crippen LogP contribution in [0.25, 0.3) is 0 Å². The predicted octanol–water partition coefficient (Wildman–Crippen LogP) is 2.79. The highest BCUT2D eigenvalue weighted by Gasteiger charge is 2.32. The molecule has 0 saturated heterocycles. The molecule has 0 fully saturated rings. The van der Waals surface area contributed by atoms with Crippen molar-refractivity contribution in [1.82, 2.24) is 0 Å². The van der Waals surface area contributed by atoms with Gasteiger partial charge in [-0.25, -0.2) is 8.42 Å². The number of amides is 1. The molecule has 2 rings (SSSR count). The molecule has 2 aromatic carbocycles. The molecule has 0 radical (unpaired) electrons. The quantitative estimate of drug-likeness (QED) is 0.531. The van der Waals surface area contributed by atoms with E-state index >= 15 is 0 Å². The number of benzene rings is 2. The van der Waals surface area contributed by atoms with E-state index in [9.17, 15) is 23.3 Å². The van der Waals surface area contributed by atoms with Crippen LogP contribution in [0.4, 0.5) is 17.1 Å². The minimum absolute atomic E-state index is 0.0849. The lowest BCUT2D eigenvalue weighted by Gasteiger charge is -2.30. The van der Waals surface area contributed by atoms with E-state index in [0.29, 0.717) is 5.69 Å². The lowest BCUT2D eigenvalue weighted by molar-refractivity contribution is -0.384. The number of nitrogens with one attached hydrogen (secondary N) is 1. The van der Waals surface area contributed by atoms with E-state index in [0.717, 1.165) is 16.6 Å². The molecule has 0 aromatic heterocycles. The Labute approximate surface area is 163 Å². The number of hydrogen-bond acceptors (Lipinski definition) is 6. The maximum absolute atomic E-state index is 12.9. The zero-order chi connectivity index (χ0) is 20.9. The standard InChI is InChI=1S/C18H21N3O6S/c1-4-16(20(28(3,25)26)13-8-6-5-7-9-13)18(22)19-15-12-14(21(23)24)10-11-17(15)27-2/h5-12,16H,4H2,1-3H3,(H,19,22). The number of rotatable bonds is 8. The first-order chi connectivity index (χ1) is 13.2. The Balaban J connectivity index is 2.42. The van der Waals surface area contributed by atoms with E-state index in [1.807, 2.05) is 0 Å². The third-order valence-corrected chi connectivity index (χ3v) is 5.17. The molecule has 0 heterocycles. The van der Waals surface area contributed by atoms with Crippen molar-refractivity contribution < 1.29 is 22.9 Å². The molecule has 9 nitrogen and oxygen atoms in total. The van der Waals surface area contributed by atoms with Crippen molar-refractivity contribution in [3.05, 3.63) is 58.6 Å². The first-order valence-corrected chi connectivity index (χ1v) is 10.2. The van der Waals surface area contributed by atoms with E-state index in [4.69, 9.17) is 4.74 Å². The molecule has 2 aromatic rings. The van der Waals surface area contributed by atoms with Crippen LogP contribution in [0, 0.1) is 10.1 Å². The molecule has 0 saturated carbocycles. The van der Waals surface area contributed by atoms with Gasteiger partial charge in [0.1, 0.15) is 11.8 Å². The number of methoxy groups -OCH3 is 1. The summed E-state index contributed by atoms with van der Waals surface area (Å²) in [5.74, 6) is -0.407. The molecule has 0 spiro atoms. The maximum Gasteiger partial charge on any atom is 0.271 e. The van der Waals surface area contributed by atoms with Gasteiger partial charge in [-0.3, -0.25) is 19.2 Å². The molecule has 1 N–H and O–H groups in total. The normalized spacial score (nSPS) is 12.1. The second kappa shape index (κ2) is 8.70. The van der Waals surface area contributed by atoms with Gasteiger partial charge in [-0.05, 0) is 24.6 Å². The number of nitrogens with zero attached hydrogens (tertiary/aromatic N) is 2. The molecular formula is C18H21N3O6S. The predicted molar refractivity (Wildman–Crippen MR) is 106 cm³/mol. The SMILES string of the molecule is CCC(C(=O)Nc1cc([N+](=O)[O-])ccc1OC)N(c1ccccc1)S(C)(=O)=O. The molecule has 0 aliphatic carbocycles. The monoisotopic (exact) mass is 407 g/mol. The first-order valence-electron chi connectivity index (χ1n) is 8.36. The Kier molecular flexibility index (Phi) is 6.57. The smallest absolute Gasteiger partial charge is 0.271 e. The number of nitro benzene ring substituents is 1. The van der Waals surface area contributed by atoms with Crippen molar-refractivity contribution in [2.45, 2.75) is 19.4 Å². The van der Waals surface area contributed by atoms with Gasteiger partial charge in [-0.15, -0.1) is 0 Å². The molecule has 150 valence electrons. The van der Waals surface area contributed by atoms with Crippen LogP contribution in [-0.2, 0) is 14.8 Å². The summed E-state index contributed by atoms with van der Waals surface area (Å²) in [7, 11) is -2.41. The van der Waals surface area contributed by atoms with E-state index in [2.05, 4.69) is 5.32 Å². The number of nitro groups is 1. The minimum Gasteiger partial charge on any atom is -0.495 e. The fourth-order valence-electron chi connectivity index (χ4n) is 2.76. The molecule has 28 heavy (non-hydrogen) atoms. The van der Waals surface area contributed by atoms with Crippen molar-refractivity contribution in [2.75, 3.05) is 23.0 Å². The van der Waals surface area contributed by atoms with Crippen LogP contribution in [0.5, 0.6) is 5.75 Å². The molecular weight excluding hydrogens is 386 g/mol. The summed E-state index contributed by atoms with van der Waals surface area (Å²) in [4.78, 5) is 23.3. The van der Waals surface area contributed by atoms with Gasteiger partial charge in [0.05, 0.1) is 29.7 Å². The maximum atomic E-state index is 12.9. The summed E-state index contributed by atoms with van der Waals surface area (Å²) in [6.45, 7) is 1.68. The second-order valence-corrected chi connectivity index (χ2v) is 7.81. The highest BCUT2D eigenvalue weighted by Crippen LogP contribution is 2.30. The second-order valence-electron chi connectivity index (χ2n) is 5.95. The van der Waals surface area contributed by atoms with E-state index < -0.39 is 26.9 Å². The van der Waals surface area contributed by atoms with Crippen molar-refractivity contribution in [3.63, 3.8) is 0 Å². The molecule has 10 heteroatoms. The number of hydrogen-bond donors (Lipinski definition) is 1. The van der Waals surface area contributed by atoms with Gasteiger partial charge in [0, 0.05) is 12.1 Å². The van der Waals surface area contributed by atoms with Gasteiger partial charge in [-0.2, -0.15) is 0 Å². The number of ether oxygens (including phenoxy) is 1. The average molecular weight is 407 g/mol. The van der Waals surface area contributed by atoms with Gasteiger partial charge in [0.15, 0.2) is 0 Å². The van der Waals surface area contributed by atoms with Gasteiger partial charge < -0.3 is 10.1 Å². The Bertz CT molecular complexity index is 963. The highest BCUT2D eigenvalue weighted by atomic mass is 32.2. The zero-order valence-corrected chi connectivity index (χ0v) is 16.5. The van der Waals surface area contributed by atoms with E-state index in [1.165, 1.54) is 19.2 Å². The van der Waals surface area contributed by atoms with Crippen molar-refractivity contribution in [2.24, 2.45) is 0 Å². The molecule has 0 aliphatic rings. The van der Waals surface area contributed by atoms with Gasteiger partial charge in [0.2, 0.25) is 15.9 Å². The summed E-state index contributed by atoms with van der Waals surface area (Å²) < 4.78 is 30.9. The number of para-hydroxylation sites is 1. The van der Waals surface area contributed by atoms with Crippen LogP contribution in [-0.4, -0.2) is 38.7 Å². The van der Waals surface area contributed by atoms with Crippen LogP contribution >= 0.6 is 0 Å². The van der Waals surface area contributed by atoms with Crippen LogP contribution in [0.15, 0.2) is 48.5 Å². The van der Waals surface area contributed by atoms with Gasteiger partial charge in [0.25, 0.3) is 5.69 Å². The van der Waals surface area contributed by atoms with Gasteiger partial charge in [-0.1, -0.05) is 25.1 Å². The van der Waals surface area contributed by atoms with Gasteiger partial charge >= 0.3 is 0 Å². The highest BCUT2D eigenvalue weighted by molar-refractivity contribution is 7.92. The van der Waals surface area contributed by atoms with Crippen LogP contribution in [0.1, 0.15) is 13.3 Å². The lowest BCUT2D eigenvalue weighted by atomic mass is 10.1. The molecule has 1 amide bonds.